The van der Waals surface area contributed by atoms with Crippen LogP contribution in [0.25, 0.3) is 0 Å². The van der Waals surface area contributed by atoms with Crippen LogP contribution in [0.2, 0.25) is 0 Å². The van der Waals surface area contributed by atoms with Gasteiger partial charge in [0.2, 0.25) is 0 Å². The van der Waals surface area contributed by atoms with E-state index in [0.717, 1.165) is 19.3 Å². The van der Waals surface area contributed by atoms with Crippen molar-refractivity contribution in [3.63, 3.8) is 0 Å². The van der Waals surface area contributed by atoms with Gasteiger partial charge in [0.05, 0.1) is 10.2 Å². The largest absolute Gasteiger partial charge is 0.318 e. The van der Waals surface area contributed by atoms with E-state index in [4.69, 9.17) is 0 Å². The van der Waals surface area contributed by atoms with Gasteiger partial charge in [-0.05, 0) is 54.0 Å². The summed E-state index contributed by atoms with van der Waals surface area (Å²) in [5.74, 6) is -0.427. The van der Waals surface area contributed by atoms with Crippen LogP contribution in [-0.4, -0.2) is 38.9 Å². The zero-order chi connectivity index (χ0) is 15.5. The van der Waals surface area contributed by atoms with E-state index in [1.165, 1.54) is 22.5 Å². The summed E-state index contributed by atoms with van der Waals surface area (Å²) in [6.07, 6.45) is 2.73. The van der Waals surface area contributed by atoms with E-state index < -0.39 is 16.0 Å². The number of halogens is 2. The average molecular weight is 380 g/mol. The fourth-order valence-electron chi connectivity index (χ4n) is 2.50. The molecule has 0 saturated carbocycles. The highest BCUT2D eigenvalue weighted by Crippen LogP contribution is 2.24. The van der Waals surface area contributed by atoms with E-state index in [-0.39, 0.29) is 10.5 Å². The van der Waals surface area contributed by atoms with Crippen LogP contribution in [0.5, 0.6) is 0 Å². The molecule has 8 heteroatoms. The summed E-state index contributed by atoms with van der Waals surface area (Å²) >= 11 is 3.05. The number of piperidine rings is 1. The predicted molar refractivity (Wildman–Crippen MR) is 84.9 cm³/mol. The van der Waals surface area contributed by atoms with Crippen LogP contribution in [0.15, 0.2) is 22.7 Å². The van der Waals surface area contributed by atoms with Gasteiger partial charge >= 0.3 is 10.2 Å². The molecule has 0 aromatic heterocycles. The second-order valence-electron chi connectivity index (χ2n) is 5.05. The Morgan fingerprint density at radius 1 is 1.43 bits per heavy atom. The van der Waals surface area contributed by atoms with Gasteiger partial charge in [0.25, 0.3) is 0 Å². The summed E-state index contributed by atoms with van der Waals surface area (Å²) in [5, 5.41) is 3.03. The zero-order valence-electron chi connectivity index (χ0n) is 11.8. The molecule has 2 N–H and O–H groups in total. The van der Waals surface area contributed by atoms with E-state index in [1.807, 2.05) is 7.05 Å². The third-order valence-electron chi connectivity index (χ3n) is 3.49. The average Bonchev–Trinajstić information content (AvgIpc) is 2.43. The van der Waals surface area contributed by atoms with Crippen molar-refractivity contribution < 1.29 is 12.8 Å². The van der Waals surface area contributed by atoms with E-state index in [0.29, 0.717) is 18.8 Å². The van der Waals surface area contributed by atoms with Crippen molar-refractivity contribution >= 4 is 31.8 Å². The predicted octanol–water partition coefficient (Wildman–Crippen LogP) is 2.32. The van der Waals surface area contributed by atoms with Crippen LogP contribution < -0.4 is 10.0 Å². The quantitative estimate of drug-likeness (QED) is 0.824. The Balaban J connectivity index is 2.17. The monoisotopic (exact) mass is 379 g/mol. The van der Waals surface area contributed by atoms with Crippen LogP contribution in [0.4, 0.5) is 10.1 Å². The molecule has 21 heavy (non-hydrogen) atoms. The summed E-state index contributed by atoms with van der Waals surface area (Å²) in [7, 11) is -1.83. The molecular weight excluding hydrogens is 361 g/mol. The molecule has 0 amide bonds. The first-order chi connectivity index (χ1) is 9.94. The molecule has 0 aliphatic carbocycles. The highest BCUT2D eigenvalue weighted by atomic mass is 79.9. The molecule has 5 nitrogen and oxygen atoms in total. The van der Waals surface area contributed by atoms with Crippen molar-refractivity contribution in [1.29, 1.82) is 0 Å². The lowest BCUT2D eigenvalue weighted by Gasteiger charge is -2.34. The highest BCUT2D eigenvalue weighted by Gasteiger charge is 2.31. The summed E-state index contributed by atoms with van der Waals surface area (Å²) in [4.78, 5) is 0. The zero-order valence-corrected chi connectivity index (χ0v) is 14.2. The summed E-state index contributed by atoms with van der Waals surface area (Å²) in [6.45, 7) is 1.12. The first-order valence-electron chi connectivity index (χ1n) is 6.83. The molecule has 1 aliphatic rings. The molecule has 1 atom stereocenters. The number of anilines is 1. The molecule has 1 fully saturated rings. The van der Waals surface area contributed by atoms with Gasteiger partial charge in [-0.25, -0.2) is 4.39 Å². The number of likely N-dealkylation sites (N-methyl/N-ethyl adjacent to an activating group) is 1. The van der Waals surface area contributed by atoms with Gasteiger partial charge in [0, 0.05) is 19.1 Å². The molecule has 2 rings (SSSR count). The number of rotatable bonds is 5. The van der Waals surface area contributed by atoms with Crippen LogP contribution in [0.1, 0.15) is 19.3 Å². The van der Waals surface area contributed by atoms with Crippen LogP contribution in [0, 0.1) is 5.82 Å². The molecule has 1 aliphatic heterocycles. The first-order valence-corrected chi connectivity index (χ1v) is 9.06. The van der Waals surface area contributed by atoms with E-state index >= 15 is 0 Å². The molecule has 0 bridgehead atoms. The van der Waals surface area contributed by atoms with Crippen molar-refractivity contribution in [3.8, 4) is 0 Å². The fourth-order valence-corrected chi connectivity index (χ4v) is 4.36. The summed E-state index contributed by atoms with van der Waals surface area (Å²) < 4.78 is 42.5. The van der Waals surface area contributed by atoms with Gasteiger partial charge in [0.1, 0.15) is 5.82 Å². The van der Waals surface area contributed by atoms with Gasteiger partial charge in [0.15, 0.2) is 0 Å². The standard InChI is InChI=1S/C13H19BrFN3O2S/c1-16-9-11-4-2-3-7-18(11)21(19,20)17-10-5-6-13(15)12(14)8-10/h5-6,8,11,16-17H,2-4,7,9H2,1H3. The number of nitrogens with zero attached hydrogens (tertiary/aromatic N) is 1. The minimum Gasteiger partial charge on any atom is -0.318 e. The maximum atomic E-state index is 13.2. The first kappa shape index (κ1) is 16.7. The third kappa shape index (κ3) is 4.15. The second-order valence-corrected chi connectivity index (χ2v) is 7.53. The molecule has 1 unspecified atom stereocenters. The fraction of sp³-hybridized carbons (Fsp3) is 0.538. The molecule has 1 heterocycles. The Kier molecular flexibility index (Phi) is 5.59. The molecule has 0 radical (unpaired) electrons. The molecule has 1 aromatic rings. The molecule has 1 saturated heterocycles. The van der Waals surface area contributed by atoms with Crippen LogP contribution >= 0.6 is 15.9 Å². The van der Waals surface area contributed by atoms with E-state index in [1.54, 1.807) is 0 Å². The summed E-state index contributed by atoms with van der Waals surface area (Å²) in [6, 6.07) is 4.01. The smallest absolute Gasteiger partial charge is 0.301 e. The number of benzene rings is 1. The number of hydrogen-bond acceptors (Lipinski definition) is 3. The SMILES string of the molecule is CNCC1CCCCN1S(=O)(=O)Nc1ccc(F)c(Br)c1. The van der Waals surface area contributed by atoms with Crippen molar-refractivity contribution in [2.45, 2.75) is 25.3 Å². The molecular formula is C13H19BrFN3O2S. The Hall–Kier alpha value is -0.700. The Morgan fingerprint density at radius 3 is 2.86 bits per heavy atom. The van der Waals surface area contributed by atoms with Gasteiger partial charge in [-0.3, -0.25) is 4.72 Å². The maximum absolute atomic E-state index is 13.2. The van der Waals surface area contributed by atoms with Crippen molar-refractivity contribution in [1.82, 2.24) is 9.62 Å². The lowest BCUT2D eigenvalue weighted by Crippen LogP contribution is -2.49. The van der Waals surface area contributed by atoms with Crippen molar-refractivity contribution in [3.05, 3.63) is 28.5 Å². The summed E-state index contributed by atoms with van der Waals surface area (Å²) in [5.41, 5.74) is 0.344. The number of nitrogens with one attached hydrogen (secondary N) is 2. The Morgan fingerprint density at radius 2 is 2.19 bits per heavy atom. The van der Waals surface area contributed by atoms with Crippen LogP contribution in [-0.2, 0) is 10.2 Å². The minimum atomic E-state index is -3.64. The third-order valence-corrected chi connectivity index (χ3v) is 5.69. The van der Waals surface area contributed by atoms with Crippen LogP contribution in [0.3, 0.4) is 0 Å². The second kappa shape index (κ2) is 7.04. The highest BCUT2D eigenvalue weighted by molar-refractivity contribution is 9.10. The Labute approximate surface area is 133 Å². The van der Waals surface area contributed by atoms with Gasteiger partial charge in [-0.2, -0.15) is 12.7 Å². The minimum absolute atomic E-state index is 0.0508. The number of hydrogen-bond donors (Lipinski definition) is 2. The van der Waals surface area contributed by atoms with Crippen molar-refractivity contribution in [2.75, 3.05) is 24.9 Å². The van der Waals surface area contributed by atoms with Gasteiger partial charge < -0.3 is 5.32 Å². The maximum Gasteiger partial charge on any atom is 0.301 e. The lowest BCUT2D eigenvalue weighted by molar-refractivity contribution is 0.250. The topological polar surface area (TPSA) is 61.4 Å². The molecule has 118 valence electrons. The molecule has 0 spiro atoms. The normalized spacial score (nSPS) is 20.4. The lowest BCUT2D eigenvalue weighted by atomic mass is 10.1. The van der Waals surface area contributed by atoms with E-state index in [9.17, 15) is 12.8 Å². The Bertz CT molecular complexity index is 595. The van der Waals surface area contributed by atoms with Gasteiger partial charge in [-0.1, -0.05) is 6.42 Å². The van der Waals surface area contributed by atoms with Crippen molar-refractivity contribution in [2.24, 2.45) is 0 Å². The van der Waals surface area contributed by atoms with Gasteiger partial charge in [-0.15, -0.1) is 0 Å². The molecule has 1 aromatic carbocycles. The van der Waals surface area contributed by atoms with E-state index in [2.05, 4.69) is 26.0 Å².